The summed E-state index contributed by atoms with van der Waals surface area (Å²) >= 11 is 0. The molecule has 0 saturated heterocycles. The zero-order valence-corrected chi connectivity index (χ0v) is 16.9. The molecule has 0 radical (unpaired) electrons. The lowest BCUT2D eigenvalue weighted by Gasteiger charge is -2.34. The van der Waals surface area contributed by atoms with Gasteiger partial charge in [-0.25, -0.2) is 4.68 Å². The van der Waals surface area contributed by atoms with Crippen LogP contribution in [-0.2, 0) is 6.42 Å². The minimum Gasteiger partial charge on any atom is -0.454 e. The van der Waals surface area contributed by atoms with Gasteiger partial charge in [-0.1, -0.05) is 36.4 Å². The van der Waals surface area contributed by atoms with Crippen LogP contribution in [0.1, 0.15) is 46.4 Å². The molecule has 2 aliphatic rings. The van der Waals surface area contributed by atoms with Gasteiger partial charge in [-0.3, -0.25) is 4.79 Å². The molecule has 1 N–H and O–H groups in total. The first-order valence-corrected chi connectivity index (χ1v) is 10.3. The third-order valence-corrected chi connectivity index (χ3v) is 5.82. The van der Waals surface area contributed by atoms with Crippen LogP contribution in [0.5, 0.6) is 11.5 Å². The second-order valence-electron chi connectivity index (χ2n) is 7.86. The van der Waals surface area contributed by atoms with Crippen molar-refractivity contribution in [1.82, 2.24) is 9.78 Å². The molecule has 1 aromatic heterocycles. The van der Waals surface area contributed by atoms with Gasteiger partial charge < -0.3 is 14.8 Å². The van der Waals surface area contributed by atoms with Crippen LogP contribution >= 0.6 is 0 Å². The summed E-state index contributed by atoms with van der Waals surface area (Å²) in [6, 6.07) is 12.0. The number of rotatable bonds is 5. The SMILES string of the molecule is O=C(CCc1ccc2c(c1)OCO2)c1cnn2c1NC(c1ccccc1)CC2C(F)(F)F. The Morgan fingerprint density at radius 1 is 1.12 bits per heavy atom. The van der Waals surface area contributed by atoms with Crippen LogP contribution in [-0.4, -0.2) is 28.5 Å². The number of nitrogens with zero attached hydrogens (tertiary/aromatic N) is 2. The maximum atomic E-state index is 13.8. The van der Waals surface area contributed by atoms with Gasteiger partial charge in [0, 0.05) is 12.8 Å². The maximum Gasteiger partial charge on any atom is 0.410 e. The number of ether oxygens (including phenoxy) is 2. The first-order chi connectivity index (χ1) is 15.4. The molecule has 0 fully saturated rings. The molecule has 2 atom stereocenters. The number of carbonyl (C=O) groups excluding carboxylic acids is 1. The first kappa shape index (κ1) is 20.4. The van der Waals surface area contributed by atoms with Gasteiger partial charge in [0.05, 0.1) is 17.8 Å². The highest BCUT2D eigenvalue weighted by atomic mass is 19.4. The van der Waals surface area contributed by atoms with Crippen LogP contribution < -0.4 is 14.8 Å². The Labute approximate surface area is 181 Å². The minimum atomic E-state index is -4.48. The first-order valence-electron chi connectivity index (χ1n) is 10.3. The zero-order valence-electron chi connectivity index (χ0n) is 16.9. The number of fused-ring (bicyclic) bond motifs is 2. The number of anilines is 1. The van der Waals surface area contributed by atoms with E-state index >= 15 is 0 Å². The molecule has 9 heteroatoms. The number of alkyl halides is 3. The van der Waals surface area contributed by atoms with Crippen molar-refractivity contribution in [3.05, 3.63) is 71.4 Å². The van der Waals surface area contributed by atoms with E-state index in [0.29, 0.717) is 17.9 Å². The molecule has 2 aliphatic heterocycles. The maximum absolute atomic E-state index is 13.8. The monoisotopic (exact) mass is 443 g/mol. The van der Waals surface area contributed by atoms with E-state index in [2.05, 4.69) is 10.4 Å². The molecule has 0 aliphatic carbocycles. The van der Waals surface area contributed by atoms with E-state index < -0.39 is 18.3 Å². The highest BCUT2D eigenvalue weighted by Gasteiger charge is 2.47. The van der Waals surface area contributed by atoms with Crippen molar-refractivity contribution in [2.75, 3.05) is 12.1 Å². The lowest BCUT2D eigenvalue weighted by Crippen LogP contribution is -2.36. The van der Waals surface area contributed by atoms with E-state index in [4.69, 9.17) is 9.47 Å². The Hall–Kier alpha value is -3.49. The van der Waals surface area contributed by atoms with Crippen LogP contribution in [0.25, 0.3) is 0 Å². The van der Waals surface area contributed by atoms with Crippen LogP contribution in [0.2, 0.25) is 0 Å². The predicted octanol–water partition coefficient (Wildman–Crippen LogP) is 5.09. The summed E-state index contributed by atoms with van der Waals surface area (Å²) < 4.78 is 52.9. The largest absolute Gasteiger partial charge is 0.454 e. The molecule has 2 unspecified atom stereocenters. The van der Waals surface area contributed by atoms with Gasteiger partial charge in [-0.05, 0) is 29.7 Å². The fraction of sp³-hybridized carbons (Fsp3) is 0.304. The molecule has 3 aromatic rings. The molecule has 166 valence electrons. The van der Waals surface area contributed by atoms with Gasteiger partial charge in [0.15, 0.2) is 23.3 Å². The van der Waals surface area contributed by atoms with Crippen molar-refractivity contribution in [1.29, 1.82) is 0 Å². The van der Waals surface area contributed by atoms with Crippen molar-refractivity contribution in [2.45, 2.75) is 37.5 Å². The summed E-state index contributed by atoms with van der Waals surface area (Å²) in [7, 11) is 0. The second-order valence-corrected chi connectivity index (χ2v) is 7.86. The number of aryl methyl sites for hydroxylation is 1. The zero-order chi connectivity index (χ0) is 22.3. The van der Waals surface area contributed by atoms with E-state index in [9.17, 15) is 18.0 Å². The topological polar surface area (TPSA) is 65.4 Å². The molecule has 6 nitrogen and oxygen atoms in total. The Morgan fingerprint density at radius 3 is 2.69 bits per heavy atom. The lowest BCUT2D eigenvalue weighted by atomic mass is 9.96. The molecule has 5 rings (SSSR count). The molecule has 0 saturated carbocycles. The van der Waals surface area contributed by atoms with E-state index in [1.54, 1.807) is 30.3 Å². The molecule has 0 bridgehead atoms. The quantitative estimate of drug-likeness (QED) is 0.557. The van der Waals surface area contributed by atoms with E-state index in [0.717, 1.165) is 15.8 Å². The van der Waals surface area contributed by atoms with Crippen LogP contribution in [0.3, 0.4) is 0 Å². The number of ketones is 1. The second kappa shape index (κ2) is 7.89. The summed E-state index contributed by atoms with van der Waals surface area (Å²) in [6.45, 7) is 0.162. The fourth-order valence-corrected chi connectivity index (χ4v) is 4.16. The standard InChI is InChI=1S/C23H20F3N3O3/c24-23(25,26)21-11-17(15-4-2-1-3-5-15)28-22-16(12-27-29(21)22)18(30)8-6-14-7-9-19-20(10-14)32-13-31-19/h1-5,7,9-10,12,17,21,28H,6,8,11,13H2. The van der Waals surface area contributed by atoms with Crippen LogP contribution in [0, 0.1) is 0 Å². The summed E-state index contributed by atoms with van der Waals surface area (Å²) in [6.07, 6.45) is -2.90. The smallest absolute Gasteiger partial charge is 0.410 e. The highest BCUT2D eigenvalue weighted by Crippen LogP contribution is 2.44. The van der Waals surface area contributed by atoms with E-state index in [1.165, 1.54) is 6.20 Å². The number of nitrogens with one attached hydrogen (secondary N) is 1. The summed E-state index contributed by atoms with van der Waals surface area (Å²) in [5.41, 5.74) is 1.78. The van der Waals surface area contributed by atoms with E-state index in [-0.39, 0.29) is 36.8 Å². The summed E-state index contributed by atoms with van der Waals surface area (Å²) in [4.78, 5) is 13.0. The third-order valence-electron chi connectivity index (χ3n) is 5.82. The number of carbonyl (C=O) groups is 1. The number of aromatic nitrogens is 2. The Kier molecular flexibility index (Phi) is 5.03. The van der Waals surface area contributed by atoms with Crippen LogP contribution in [0.4, 0.5) is 19.0 Å². The van der Waals surface area contributed by atoms with Gasteiger partial charge in [0.1, 0.15) is 5.82 Å². The van der Waals surface area contributed by atoms with Gasteiger partial charge in [-0.2, -0.15) is 18.3 Å². The Bertz CT molecular complexity index is 1140. The predicted molar refractivity (Wildman–Crippen MR) is 110 cm³/mol. The third kappa shape index (κ3) is 3.79. The average molecular weight is 443 g/mol. The fourth-order valence-electron chi connectivity index (χ4n) is 4.16. The minimum absolute atomic E-state index is 0.114. The summed E-state index contributed by atoms with van der Waals surface area (Å²) in [5, 5.41) is 7.05. The number of benzene rings is 2. The van der Waals surface area contributed by atoms with Crippen molar-refractivity contribution in [3.63, 3.8) is 0 Å². The van der Waals surface area contributed by atoms with Crippen molar-refractivity contribution < 1.29 is 27.4 Å². The Balaban J connectivity index is 1.39. The molecule has 0 spiro atoms. The molecular weight excluding hydrogens is 423 g/mol. The molecular formula is C23H20F3N3O3. The summed E-state index contributed by atoms with van der Waals surface area (Å²) in [5.74, 6) is 1.12. The van der Waals surface area contributed by atoms with Gasteiger partial charge >= 0.3 is 6.18 Å². The molecule has 32 heavy (non-hydrogen) atoms. The molecule has 0 amide bonds. The number of hydrogen-bond acceptors (Lipinski definition) is 5. The van der Waals surface area contributed by atoms with Crippen molar-refractivity contribution >= 4 is 11.6 Å². The van der Waals surface area contributed by atoms with Gasteiger partial charge in [0.25, 0.3) is 0 Å². The lowest BCUT2D eigenvalue weighted by molar-refractivity contribution is -0.173. The number of halogens is 3. The number of hydrogen-bond donors (Lipinski definition) is 1. The normalized spacial score (nSPS) is 19.3. The van der Waals surface area contributed by atoms with Crippen LogP contribution in [0.15, 0.2) is 54.7 Å². The molecule has 2 aromatic carbocycles. The van der Waals surface area contributed by atoms with Gasteiger partial charge in [-0.15, -0.1) is 0 Å². The van der Waals surface area contributed by atoms with E-state index in [1.807, 2.05) is 18.2 Å². The Morgan fingerprint density at radius 2 is 1.91 bits per heavy atom. The average Bonchev–Trinajstić information content (AvgIpc) is 3.43. The highest BCUT2D eigenvalue weighted by molar-refractivity contribution is 6.00. The van der Waals surface area contributed by atoms with Crippen molar-refractivity contribution in [3.8, 4) is 11.5 Å². The molecule has 3 heterocycles. The number of Topliss-reactive ketones (excluding diaryl/α,β-unsaturated/α-hetero) is 1. The van der Waals surface area contributed by atoms with Gasteiger partial charge in [0.2, 0.25) is 6.79 Å². The van der Waals surface area contributed by atoms with Crippen molar-refractivity contribution in [2.24, 2.45) is 0 Å².